The molecule has 0 amide bonds. The van der Waals surface area contributed by atoms with Crippen molar-refractivity contribution in [1.82, 2.24) is 0 Å². The monoisotopic (exact) mass is 608 g/mol. The molecule has 2 heteroatoms. The Bertz CT molecular complexity index is 3970. The van der Waals surface area contributed by atoms with Crippen LogP contribution in [-0.4, -0.2) is 0 Å². The molecule has 0 spiro atoms. The minimum Gasteiger partial charge on any atom is -0.455 e. The van der Waals surface area contributed by atoms with Crippen LogP contribution in [0.3, 0.4) is 0 Å². The fourth-order valence-electron chi connectivity index (χ4n) is 5.30. The van der Waals surface area contributed by atoms with Gasteiger partial charge in [0, 0.05) is 52.9 Å². The van der Waals surface area contributed by atoms with E-state index in [1.807, 2.05) is 0 Å². The lowest BCUT2D eigenvalue weighted by Gasteiger charge is -2.28. The van der Waals surface area contributed by atoms with Crippen LogP contribution in [0.15, 0.2) is 155 Å². The predicted molar refractivity (Wildman–Crippen MR) is 189 cm³/mol. The largest absolute Gasteiger partial charge is 0.455 e. The van der Waals surface area contributed by atoms with Crippen LogP contribution >= 0.6 is 0 Å². The van der Waals surface area contributed by atoms with E-state index in [9.17, 15) is 9.60 Å². The Morgan fingerprint density at radius 1 is 0.511 bits per heavy atom. The summed E-state index contributed by atoms with van der Waals surface area (Å²) in [6, 6.07) is -27.0. The summed E-state index contributed by atoms with van der Waals surface area (Å²) in [6.45, 7) is -7.91. The van der Waals surface area contributed by atoms with Crippen LogP contribution in [0.5, 0.6) is 0 Å². The fourth-order valence-corrected chi connectivity index (χ4v) is 5.30. The molecule has 0 unspecified atom stereocenters. The summed E-state index contributed by atoms with van der Waals surface area (Å²) >= 11 is 0. The van der Waals surface area contributed by atoms with E-state index < -0.39 is 253 Å². The third-order valence-corrected chi connectivity index (χ3v) is 7.26. The molecule has 0 N–H and O–H groups in total. The van der Waals surface area contributed by atoms with Gasteiger partial charge < -0.3 is 9.32 Å². The van der Waals surface area contributed by atoms with Gasteiger partial charge >= 0.3 is 0 Å². The fraction of sp³-hybridized carbons (Fsp3) is 0.0698. The normalized spacial score (nSPS) is 23.6. The van der Waals surface area contributed by atoms with Crippen molar-refractivity contribution in [3.05, 3.63) is 162 Å². The van der Waals surface area contributed by atoms with Crippen molar-refractivity contribution < 1.29 is 46.9 Å². The number of anilines is 3. The number of furan rings is 1. The number of fused-ring (bicyclic) bond motifs is 8. The summed E-state index contributed by atoms with van der Waals surface area (Å²) in [4.78, 5) is 0.268. The maximum atomic E-state index is 9.88. The first-order valence-corrected chi connectivity index (χ1v) is 13.1. The summed E-state index contributed by atoms with van der Waals surface area (Å²) < 4.78 is 283. The molecule has 214 valence electrons. The molecule has 0 saturated carbocycles. The van der Waals surface area contributed by atoms with E-state index >= 15 is 0 Å². The van der Waals surface area contributed by atoms with Gasteiger partial charge in [0.25, 0.3) is 0 Å². The Balaban J connectivity index is 1.55. The highest BCUT2D eigenvalue weighted by atomic mass is 16.3. The summed E-state index contributed by atoms with van der Waals surface area (Å²) in [5.41, 5.74) is -14.6. The zero-order chi connectivity index (χ0) is 56.9. The van der Waals surface area contributed by atoms with Crippen molar-refractivity contribution in [2.24, 2.45) is 0 Å². The molecule has 0 bridgehead atoms. The first kappa shape index (κ1) is 9.45. The lowest BCUT2D eigenvalue weighted by molar-refractivity contribution is 0.660. The second kappa shape index (κ2) is 9.70. The Kier molecular flexibility index (Phi) is 2.04. The molecule has 0 atom stereocenters. The van der Waals surface area contributed by atoms with Crippen molar-refractivity contribution in [3.8, 4) is 22.3 Å². The van der Waals surface area contributed by atoms with Gasteiger partial charge in [0.1, 0.15) is 11.2 Å². The molecule has 9 rings (SSSR count). The molecule has 0 radical (unpaired) electrons. The van der Waals surface area contributed by atoms with Crippen molar-refractivity contribution in [2.45, 2.75) is 19.1 Å². The van der Waals surface area contributed by atoms with Gasteiger partial charge in [-0.3, -0.25) is 0 Å². The van der Waals surface area contributed by atoms with Crippen molar-refractivity contribution >= 4 is 49.8 Å². The lowest BCUT2D eigenvalue weighted by atomic mass is 9.82. The topological polar surface area (TPSA) is 16.4 Å². The summed E-state index contributed by atoms with van der Waals surface area (Å²) in [7, 11) is 0. The Morgan fingerprint density at radius 3 is 2.00 bits per heavy atom. The second-order valence-corrected chi connectivity index (χ2v) is 9.77. The summed E-state index contributed by atoms with van der Waals surface area (Å²) in [5, 5.41) is -2.63. The first-order valence-electron chi connectivity index (χ1n) is 28.6. The van der Waals surface area contributed by atoms with E-state index in [0.717, 1.165) is 0 Å². The molecule has 1 heterocycles. The Morgan fingerprint density at radius 2 is 1.18 bits per heavy atom. The molecule has 45 heavy (non-hydrogen) atoms. The highest BCUT2D eigenvalue weighted by molar-refractivity contribution is 6.19. The average Bonchev–Trinajstić information content (AvgIpc) is 4.10. The van der Waals surface area contributed by atoms with Crippen LogP contribution in [0.25, 0.3) is 55.0 Å². The minimum absolute atomic E-state index is 0.268. The van der Waals surface area contributed by atoms with Gasteiger partial charge in [0.2, 0.25) is 0 Å². The molecular weight excluding hydrogens is 546 g/mol. The third-order valence-electron chi connectivity index (χ3n) is 7.26. The summed E-state index contributed by atoms with van der Waals surface area (Å²) in [5.74, 6) is 0. The second-order valence-electron chi connectivity index (χ2n) is 9.77. The quantitative estimate of drug-likeness (QED) is 0.198. The van der Waals surface area contributed by atoms with Crippen LogP contribution in [0, 0.1) is 0 Å². The van der Waals surface area contributed by atoms with Crippen LogP contribution in [0.2, 0.25) is 0 Å². The van der Waals surface area contributed by atoms with E-state index in [0.29, 0.717) is 0 Å². The minimum atomic E-state index is -3.95. The van der Waals surface area contributed by atoms with Crippen molar-refractivity contribution in [2.75, 3.05) is 4.90 Å². The number of para-hydroxylation sites is 1. The predicted octanol–water partition coefficient (Wildman–Crippen LogP) is 12.2. The molecule has 0 aliphatic heterocycles. The molecule has 8 aromatic rings. The first-order chi connectivity index (χ1) is 35.0. The van der Waals surface area contributed by atoms with Gasteiger partial charge in [-0.05, 0) is 81.1 Å². The van der Waals surface area contributed by atoms with Crippen molar-refractivity contribution in [1.29, 1.82) is 0 Å². The van der Waals surface area contributed by atoms with E-state index in [-0.39, 0.29) is 4.90 Å². The van der Waals surface area contributed by atoms with Crippen LogP contribution in [-0.2, 0) is 5.41 Å². The summed E-state index contributed by atoms with van der Waals surface area (Å²) in [6.07, 6.45) is 0. The SMILES string of the molecule is [2H]c1c([2H])c([2H])c(-c2c([2H])c3c(oc4c([2H])c(N(c5c([2H])c([2H])c([2H])c([2H])c5[2H])c5c([2H])c([2H])c6c(c5[2H])C(C([2H])([2H])[2H])(C([2H])([2H])[2H])c5c([2H])c([2H])c([2H])c([2H])c5-6)c([2H])c([2H])c43)c3c([2H])c([2H])c([2H])c([2H])c23)c([2H])c1[2H]. The Hall–Kier alpha value is -5.60. The number of benzene rings is 7. The Labute approximate surface area is 306 Å². The van der Waals surface area contributed by atoms with Crippen LogP contribution in [0.4, 0.5) is 17.1 Å². The molecular formula is C43H31NO. The van der Waals surface area contributed by atoms with Gasteiger partial charge in [0.15, 0.2) is 0 Å². The average molecular weight is 609 g/mol. The number of hydrogen-bond donors (Lipinski definition) is 0. The van der Waals surface area contributed by atoms with Gasteiger partial charge in [-0.1, -0.05) is 116 Å². The van der Waals surface area contributed by atoms with E-state index in [1.165, 1.54) is 0 Å². The van der Waals surface area contributed by atoms with Gasteiger partial charge in [0.05, 0.1) is 34.3 Å². The maximum Gasteiger partial charge on any atom is 0.143 e. The highest BCUT2D eigenvalue weighted by Crippen LogP contribution is 2.51. The molecule has 7 aromatic carbocycles. The van der Waals surface area contributed by atoms with E-state index in [4.69, 9.17) is 37.3 Å². The zero-order valence-electron chi connectivity index (χ0n) is 53.4. The van der Waals surface area contributed by atoms with E-state index in [2.05, 4.69) is 0 Å². The highest BCUT2D eigenvalue weighted by Gasteiger charge is 2.35. The molecule has 2 nitrogen and oxygen atoms in total. The lowest BCUT2D eigenvalue weighted by Crippen LogP contribution is -2.16. The van der Waals surface area contributed by atoms with Gasteiger partial charge in [-0.25, -0.2) is 0 Å². The smallest absolute Gasteiger partial charge is 0.143 e. The number of nitrogens with zero attached hydrogens (tertiary/aromatic N) is 1. The maximum absolute atomic E-state index is 9.88. The number of rotatable bonds is 4. The van der Waals surface area contributed by atoms with Crippen molar-refractivity contribution in [3.63, 3.8) is 0 Å². The molecule has 0 fully saturated rings. The van der Waals surface area contributed by atoms with Gasteiger partial charge in [-0.2, -0.15) is 0 Å². The molecule has 0 saturated heterocycles. The standard InChI is InChI=1S/C43H31NO/c1-43(2)39-20-12-11-18-33(39)34-23-21-30(25-40(34)43)44(29-15-7-4-8-16-29)31-22-24-35-38-27-37(28-13-5-3-6-14-28)32-17-9-10-19-36(32)42(38)45-41(35)26-31/h3-27H,1-2H3/i1D3,2D3,3D,4D,5D,6D,7D,8D,9D,10D,11D,12D,13D,14D,15D,16D,17D,18D,19D,20D,21D,22D,23D,24D,25D,26D,27D. The third kappa shape index (κ3) is 3.89. The molecule has 1 aromatic heterocycles. The number of hydrogen-bond acceptors (Lipinski definition) is 2. The zero-order valence-corrected chi connectivity index (χ0v) is 22.4. The van der Waals surface area contributed by atoms with Gasteiger partial charge in [-0.15, -0.1) is 0 Å². The van der Waals surface area contributed by atoms with E-state index in [1.54, 1.807) is 0 Å². The van der Waals surface area contributed by atoms with Crippen LogP contribution < -0.4 is 4.90 Å². The van der Waals surface area contributed by atoms with Crippen LogP contribution in [0.1, 0.15) is 67.3 Å². The molecule has 1 aliphatic carbocycles. The molecule has 1 aliphatic rings.